The van der Waals surface area contributed by atoms with E-state index in [-0.39, 0.29) is 23.6 Å². The smallest absolute Gasteiger partial charge is 0.240 e. The minimum Gasteiger partial charge on any atom is -0.491 e. The van der Waals surface area contributed by atoms with Gasteiger partial charge in [0.2, 0.25) is 10.0 Å². The maximum Gasteiger partial charge on any atom is 0.240 e. The second-order valence-corrected chi connectivity index (χ2v) is 7.69. The van der Waals surface area contributed by atoms with Crippen molar-refractivity contribution in [3.63, 3.8) is 0 Å². The van der Waals surface area contributed by atoms with E-state index in [0.29, 0.717) is 18.0 Å². The lowest BCUT2D eigenvalue weighted by Crippen LogP contribution is -2.27. The van der Waals surface area contributed by atoms with Gasteiger partial charge in [-0.3, -0.25) is 0 Å². The van der Waals surface area contributed by atoms with Crippen LogP contribution in [0.4, 0.5) is 0 Å². The number of aromatic nitrogens is 4. The van der Waals surface area contributed by atoms with Crippen molar-refractivity contribution in [1.29, 1.82) is 0 Å². The fraction of sp³-hybridized carbons (Fsp3) is 0.533. The Morgan fingerprint density at radius 1 is 1.17 bits per heavy atom. The van der Waals surface area contributed by atoms with Crippen LogP contribution in [0.5, 0.6) is 5.75 Å². The number of sulfonamides is 1. The molecule has 0 aliphatic carbocycles. The molecule has 0 fully saturated rings. The van der Waals surface area contributed by atoms with E-state index in [1.165, 1.54) is 12.1 Å². The zero-order valence-corrected chi connectivity index (χ0v) is 15.1. The van der Waals surface area contributed by atoms with Gasteiger partial charge < -0.3 is 4.74 Å². The number of nitrogens with one attached hydrogen (secondary N) is 1. The molecule has 1 N–H and O–H groups in total. The minimum atomic E-state index is -3.58. The number of nitrogens with zero attached hydrogens (tertiary/aromatic N) is 4. The molecule has 2 aromatic rings. The largest absolute Gasteiger partial charge is 0.491 e. The molecular weight excluding hydrogens is 330 g/mol. The summed E-state index contributed by atoms with van der Waals surface area (Å²) in [6, 6.07) is 6.47. The zero-order valence-electron chi connectivity index (χ0n) is 14.3. The number of hydrogen-bond acceptors (Lipinski definition) is 6. The van der Waals surface area contributed by atoms with Gasteiger partial charge in [-0.05, 0) is 62.4 Å². The highest BCUT2D eigenvalue weighted by Crippen LogP contribution is 2.17. The number of tetrazole rings is 1. The van der Waals surface area contributed by atoms with Crippen molar-refractivity contribution in [1.82, 2.24) is 24.9 Å². The van der Waals surface area contributed by atoms with Crippen molar-refractivity contribution in [2.45, 2.75) is 51.2 Å². The first-order valence-corrected chi connectivity index (χ1v) is 9.31. The lowest BCUT2D eigenvalue weighted by molar-refractivity contribution is 0.242. The molecule has 0 atom stereocenters. The normalized spacial score (nSPS) is 12.1. The minimum absolute atomic E-state index is 0.0394. The van der Waals surface area contributed by atoms with Crippen LogP contribution in [0.25, 0.3) is 0 Å². The van der Waals surface area contributed by atoms with Gasteiger partial charge in [0.05, 0.1) is 17.0 Å². The Labute approximate surface area is 142 Å². The second-order valence-electron chi connectivity index (χ2n) is 5.92. The van der Waals surface area contributed by atoms with Crippen LogP contribution in [0.2, 0.25) is 0 Å². The molecule has 0 aliphatic heterocycles. The van der Waals surface area contributed by atoms with Crippen LogP contribution >= 0.6 is 0 Å². The standard InChI is InChI=1S/C15H23N5O3S/c1-11(2)20-15(17-18-19-20)9-10-16-24(21,22)14-7-5-13(6-8-14)23-12(3)4/h5-8,11-12,16H,9-10H2,1-4H3. The summed E-state index contributed by atoms with van der Waals surface area (Å²) >= 11 is 0. The summed E-state index contributed by atoms with van der Waals surface area (Å²) in [6.45, 7) is 7.98. The van der Waals surface area contributed by atoms with Crippen LogP contribution in [0.1, 0.15) is 39.6 Å². The molecule has 24 heavy (non-hydrogen) atoms. The molecule has 2 rings (SSSR count). The van der Waals surface area contributed by atoms with E-state index in [1.54, 1.807) is 16.8 Å². The van der Waals surface area contributed by atoms with Crippen molar-refractivity contribution in [2.75, 3.05) is 6.54 Å². The number of benzene rings is 1. The monoisotopic (exact) mass is 353 g/mol. The molecule has 0 spiro atoms. The van der Waals surface area contributed by atoms with Crippen molar-refractivity contribution >= 4 is 10.0 Å². The number of rotatable bonds is 8. The molecule has 0 bridgehead atoms. The van der Waals surface area contributed by atoms with E-state index in [1.807, 2.05) is 27.7 Å². The first kappa shape index (κ1) is 18.3. The number of ether oxygens (including phenoxy) is 1. The highest BCUT2D eigenvalue weighted by Gasteiger charge is 2.15. The highest BCUT2D eigenvalue weighted by atomic mass is 32.2. The van der Waals surface area contributed by atoms with Gasteiger partial charge >= 0.3 is 0 Å². The SMILES string of the molecule is CC(C)Oc1ccc(S(=O)(=O)NCCc2nnnn2C(C)C)cc1. The van der Waals surface area contributed by atoms with Crippen LogP contribution in [0, 0.1) is 0 Å². The summed E-state index contributed by atoms with van der Waals surface area (Å²) in [5.74, 6) is 1.29. The average Bonchev–Trinajstić information content (AvgIpc) is 2.95. The quantitative estimate of drug-likeness (QED) is 0.773. The Balaban J connectivity index is 1.97. The molecule has 9 heteroatoms. The van der Waals surface area contributed by atoms with Crippen molar-refractivity contribution in [3.05, 3.63) is 30.1 Å². The van der Waals surface area contributed by atoms with Gasteiger partial charge in [0, 0.05) is 13.0 Å². The van der Waals surface area contributed by atoms with Crippen molar-refractivity contribution in [2.24, 2.45) is 0 Å². The van der Waals surface area contributed by atoms with E-state index >= 15 is 0 Å². The van der Waals surface area contributed by atoms with Crippen LogP contribution in [-0.2, 0) is 16.4 Å². The molecular formula is C15H23N5O3S. The maximum atomic E-state index is 12.3. The van der Waals surface area contributed by atoms with Crippen molar-refractivity contribution < 1.29 is 13.2 Å². The van der Waals surface area contributed by atoms with Gasteiger partial charge in [-0.2, -0.15) is 0 Å². The summed E-state index contributed by atoms with van der Waals surface area (Å²) in [4.78, 5) is 0.196. The average molecular weight is 353 g/mol. The second kappa shape index (κ2) is 7.71. The first-order valence-electron chi connectivity index (χ1n) is 7.82. The predicted molar refractivity (Wildman–Crippen MR) is 89.3 cm³/mol. The molecule has 0 amide bonds. The van der Waals surface area contributed by atoms with Gasteiger partial charge in [-0.1, -0.05) is 0 Å². The molecule has 8 nitrogen and oxygen atoms in total. The summed E-state index contributed by atoms with van der Waals surface area (Å²) in [7, 11) is -3.58. The Morgan fingerprint density at radius 2 is 1.83 bits per heavy atom. The molecule has 0 unspecified atom stereocenters. The topological polar surface area (TPSA) is 99.0 Å². The highest BCUT2D eigenvalue weighted by molar-refractivity contribution is 7.89. The van der Waals surface area contributed by atoms with Gasteiger partial charge in [-0.15, -0.1) is 5.10 Å². The van der Waals surface area contributed by atoms with Gasteiger partial charge in [0.1, 0.15) is 5.75 Å². The molecule has 1 heterocycles. The van der Waals surface area contributed by atoms with Crippen LogP contribution < -0.4 is 9.46 Å². The summed E-state index contributed by atoms with van der Waals surface area (Å²) in [6.07, 6.45) is 0.455. The lowest BCUT2D eigenvalue weighted by atomic mass is 10.3. The third kappa shape index (κ3) is 4.75. The van der Waals surface area contributed by atoms with E-state index in [0.717, 1.165) is 0 Å². The van der Waals surface area contributed by atoms with Gasteiger partial charge in [0.25, 0.3) is 0 Å². The molecule has 0 aliphatic rings. The molecule has 1 aromatic carbocycles. The summed E-state index contributed by atoms with van der Waals surface area (Å²) in [5.41, 5.74) is 0. The third-order valence-corrected chi connectivity index (χ3v) is 4.67. The van der Waals surface area contributed by atoms with E-state index in [9.17, 15) is 8.42 Å². The first-order chi connectivity index (χ1) is 11.3. The summed E-state index contributed by atoms with van der Waals surface area (Å²) < 4.78 is 34.3. The third-order valence-electron chi connectivity index (χ3n) is 3.20. The molecule has 0 saturated heterocycles. The van der Waals surface area contributed by atoms with E-state index in [2.05, 4.69) is 20.2 Å². The molecule has 132 valence electrons. The Bertz CT molecular complexity index is 754. The lowest BCUT2D eigenvalue weighted by Gasteiger charge is -2.11. The van der Waals surface area contributed by atoms with Gasteiger partial charge in [-0.25, -0.2) is 17.8 Å². The Kier molecular flexibility index (Phi) is 5.89. The molecule has 1 aromatic heterocycles. The zero-order chi connectivity index (χ0) is 17.7. The Morgan fingerprint density at radius 3 is 2.42 bits per heavy atom. The summed E-state index contributed by atoms with van der Waals surface area (Å²) in [5, 5.41) is 11.4. The fourth-order valence-corrected chi connectivity index (χ4v) is 3.16. The van der Waals surface area contributed by atoms with Gasteiger partial charge in [0.15, 0.2) is 5.82 Å². The van der Waals surface area contributed by atoms with E-state index in [4.69, 9.17) is 4.74 Å². The van der Waals surface area contributed by atoms with Crippen LogP contribution in [0.15, 0.2) is 29.2 Å². The maximum absolute atomic E-state index is 12.3. The number of hydrogen-bond donors (Lipinski definition) is 1. The molecule has 0 saturated carbocycles. The van der Waals surface area contributed by atoms with Crippen molar-refractivity contribution in [3.8, 4) is 5.75 Å². The van der Waals surface area contributed by atoms with E-state index < -0.39 is 10.0 Å². The predicted octanol–water partition coefficient (Wildman–Crippen LogP) is 1.56. The molecule has 0 radical (unpaired) electrons. The Hall–Kier alpha value is -2.00. The van der Waals surface area contributed by atoms with Crippen LogP contribution in [0.3, 0.4) is 0 Å². The van der Waals surface area contributed by atoms with Crippen LogP contribution in [-0.4, -0.2) is 41.3 Å². The fourth-order valence-electron chi connectivity index (χ4n) is 2.13.